The molecule has 0 aliphatic heterocycles. The third-order valence-corrected chi connectivity index (χ3v) is 3.06. The first kappa shape index (κ1) is 13.6. The molecule has 0 spiro atoms. The molecule has 4 heteroatoms. The lowest BCUT2D eigenvalue weighted by Gasteiger charge is -2.17. The average molecular weight is 259 g/mol. The van der Waals surface area contributed by atoms with Gasteiger partial charge in [0.2, 0.25) is 0 Å². The lowest BCUT2D eigenvalue weighted by atomic mass is 10.1. The molecule has 0 saturated carbocycles. The Morgan fingerprint density at radius 3 is 2.95 bits per heavy atom. The molecule has 1 aromatic carbocycles. The molecule has 0 aliphatic rings. The third-order valence-electron chi connectivity index (χ3n) is 3.06. The van der Waals surface area contributed by atoms with Crippen molar-refractivity contribution in [3.8, 4) is 5.75 Å². The van der Waals surface area contributed by atoms with Gasteiger partial charge in [-0.3, -0.25) is 0 Å². The Bertz CT molecular complexity index is 482. The number of nitrogens with zero attached hydrogens (tertiary/aromatic N) is 2. The van der Waals surface area contributed by atoms with Crippen LogP contribution < -0.4 is 10.1 Å². The van der Waals surface area contributed by atoms with Crippen molar-refractivity contribution in [2.45, 2.75) is 26.4 Å². The highest BCUT2D eigenvalue weighted by Gasteiger charge is 2.09. The Balaban J connectivity index is 1.95. The molecule has 0 amide bonds. The maximum Gasteiger partial charge on any atom is 0.124 e. The summed E-state index contributed by atoms with van der Waals surface area (Å²) in [6.07, 6.45) is 5.52. The molecule has 102 valence electrons. The van der Waals surface area contributed by atoms with Gasteiger partial charge in [0, 0.05) is 24.0 Å². The van der Waals surface area contributed by atoms with Crippen molar-refractivity contribution in [2.75, 3.05) is 13.2 Å². The minimum absolute atomic E-state index is 0.300. The molecule has 0 aliphatic carbocycles. The summed E-state index contributed by atoms with van der Waals surface area (Å²) >= 11 is 0. The number of hydrogen-bond donors (Lipinski definition) is 1. The standard InChI is InChI=1S/C15H21N3O/c1-3-17-13(2)14-6-4-5-7-15(14)19-11-10-18-9-8-16-12-18/h4-9,12-13,17H,3,10-11H2,1-2H3. The van der Waals surface area contributed by atoms with Gasteiger partial charge < -0.3 is 14.6 Å². The highest BCUT2D eigenvalue weighted by Crippen LogP contribution is 2.24. The predicted molar refractivity (Wildman–Crippen MR) is 76.3 cm³/mol. The number of imidazole rings is 1. The van der Waals surface area contributed by atoms with Gasteiger partial charge in [-0.15, -0.1) is 0 Å². The van der Waals surface area contributed by atoms with E-state index in [2.05, 4.69) is 30.2 Å². The van der Waals surface area contributed by atoms with E-state index in [9.17, 15) is 0 Å². The number of aromatic nitrogens is 2. The van der Waals surface area contributed by atoms with Gasteiger partial charge >= 0.3 is 0 Å². The quantitative estimate of drug-likeness (QED) is 0.831. The number of ether oxygens (including phenoxy) is 1. The number of rotatable bonds is 7. The number of hydrogen-bond acceptors (Lipinski definition) is 3. The summed E-state index contributed by atoms with van der Waals surface area (Å²) in [4.78, 5) is 4.02. The molecular formula is C15H21N3O. The van der Waals surface area contributed by atoms with Crippen molar-refractivity contribution in [3.05, 3.63) is 48.5 Å². The summed E-state index contributed by atoms with van der Waals surface area (Å²) in [6.45, 7) is 6.67. The van der Waals surface area contributed by atoms with Crippen LogP contribution in [0.5, 0.6) is 5.75 Å². The van der Waals surface area contributed by atoms with Crippen LogP contribution in [0.4, 0.5) is 0 Å². The Morgan fingerprint density at radius 1 is 1.37 bits per heavy atom. The van der Waals surface area contributed by atoms with E-state index in [1.807, 2.05) is 29.0 Å². The van der Waals surface area contributed by atoms with Gasteiger partial charge in [0.1, 0.15) is 12.4 Å². The highest BCUT2D eigenvalue weighted by molar-refractivity contribution is 5.35. The molecule has 0 fully saturated rings. The summed E-state index contributed by atoms with van der Waals surface area (Å²) in [7, 11) is 0. The van der Waals surface area contributed by atoms with Gasteiger partial charge in [0.05, 0.1) is 12.9 Å². The summed E-state index contributed by atoms with van der Waals surface area (Å²) in [5.74, 6) is 0.955. The van der Waals surface area contributed by atoms with Crippen molar-refractivity contribution in [1.29, 1.82) is 0 Å². The number of para-hydroxylation sites is 1. The minimum atomic E-state index is 0.300. The van der Waals surface area contributed by atoms with Crippen LogP contribution >= 0.6 is 0 Å². The second-order valence-corrected chi connectivity index (χ2v) is 4.47. The van der Waals surface area contributed by atoms with E-state index in [-0.39, 0.29) is 0 Å². The fraction of sp³-hybridized carbons (Fsp3) is 0.400. The van der Waals surface area contributed by atoms with Crippen LogP contribution in [0, 0.1) is 0 Å². The lowest BCUT2D eigenvalue weighted by Crippen LogP contribution is -2.19. The molecule has 0 saturated heterocycles. The molecule has 1 heterocycles. The van der Waals surface area contributed by atoms with Crippen molar-refractivity contribution >= 4 is 0 Å². The van der Waals surface area contributed by atoms with Crippen LogP contribution in [0.3, 0.4) is 0 Å². The van der Waals surface area contributed by atoms with Gasteiger partial charge in [-0.1, -0.05) is 25.1 Å². The Hall–Kier alpha value is -1.81. The minimum Gasteiger partial charge on any atom is -0.491 e. The monoisotopic (exact) mass is 259 g/mol. The molecule has 1 atom stereocenters. The van der Waals surface area contributed by atoms with Crippen molar-refractivity contribution in [3.63, 3.8) is 0 Å². The van der Waals surface area contributed by atoms with Crippen molar-refractivity contribution in [2.24, 2.45) is 0 Å². The molecule has 2 aromatic rings. The molecule has 1 unspecified atom stereocenters. The first-order valence-corrected chi connectivity index (χ1v) is 6.72. The van der Waals surface area contributed by atoms with E-state index in [4.69, 9.17) is 4.74 Å². The molecule has 2 rings (SSSR count). The Morgan fingerprint density at radius 2 is 2.21 bits per heavy atom. The molecular weight excluding hydrogens is 238 g/mol. The molecule has 0 radical (unpaired) electrons. The maximum atomic E-state index is 5.89. The molecule has 1 N–H and O–H groups in total. The zero-order valence-electron chi connectivity index (χ0n) is 11.5. The van der Waals surface area contributed by atoms with E-state index in [0.717, 1.165) is 18.8 Å². The first-order valence-electron chi connectivity index (χ1n) is 6.72. The van der Waals surface area contributed by atoms with E-state index < -0.39 is 0 Å². The van der Waals surface area contributed by atoms with Crippen LogP contribution in [-0.2, 0) is 6.54 Å². The lowest BCUT2D eigenvalue weighted by molar-refractivity contribution is 0.293. The van der Waals surface area contributed by atoms with Crippen LogP contribution in [0.25, 0.3) is 0 Å². The van der Waals surface area contributed by atoms with Crippen LogP contribution in [0.15, 0.2) is 43.0 Å². The van der Waals surface area contributed by atoms with Crippen LogP contribution in [-0.4, -0.2) is 22.7 Å². The number of benzene rings is 1. The van der Waals surface area contributed by atoms with E-state index in [1.54, 1.807) is 12.5 Å². The second-order valence-electron chi connectivity index (χ2n) is 4.47. The zero-order chi connectivity index (χ0) is 13.5. The van der Waals surface area contributed by atoms with E-state index in [1.165, 1.54) is 5.56 Å². The van der Waals surface area contributed by atoms with Gasteiger partial charge in [-0.2, -0.15) is 0 Å². The predicted octanol–water partition coefficient (Wildman–Crippen LogP) is 2.63. The molecule has 4 nitrogen and oxygen atoms in total. The fourth-order valence-corrected chi connectivity index (χ4v) is 2.07. The normalized spacial score (nSPS) is 12.3. The highest BCUT2D eigenvalue weighted by atomic mass is 16.5. The van der Waals surface area contributed by atoms with E-state index >= 15 is 0 Å². The first-order chi connectivity index (χ1) is 9.31. The Labute approximate surface area is 114 Å². The molecule has 1 aromatic heterocycles. The molecule has 0 bridgehead atoms. The van der Waals surface area contributed by atoms with Crippen molar-refractivity contribution in [1.82, 2.24) is 14.9 Å². The largest absolute Gasteiger partial charge is 0.491 e. The van der Waals surface area contributed by atoms with Gasteiger partial charge in [0.15, 0.2) is 0 Å². The Kier molecular flexibility index (Phi) is 4.98. The van der Waals surface area contributed by atoms with Crippen LogP contribution in [0.1, 0.15) is 25.5 Å². The zero-order valence-corrected chi connectivity index (χ0v) is 11.5. The fourth-order valence-electron chi connectivity index (χ4n) is 2.07. The third kappa shape index (κ3) is 3.83. The van der Waals surface area contributed by atoms with Gasteiger partial charge in [-0.25, -0.2) is 4.98 Å². The van der Waals surface area contributed by atoms with Gasteiger partial charge in [0.25, 0.3) is 0 Å². The maximum absolute atomic E-state index is 5.89. The van der Waals surface area contributed by atoms with Crippen molar-refractivity contribution < 1.29 is 4.74 Å². The summed E-state index contributed by atoms with van der Waals surface area (Å²) in [5.41, 5.74) is 1.20. The summed E-state index contributed by atoms with van der Waals surface area (Å²) in [5, 5.41) is 3.41. The average Bonchev–Trinajstić information content (AvgIpc) is 2.93. The van der Waals surface area contributed by atoms with E-state index in [0.29, 0.717) is 12.6 Å². The SMILES string of the molecule is CCNC(C)c1ccccc1OCCn1ccnc1. The summed E-state index contributed by atoms with van der Waals surface area (Å²) in [6, 6.07) is 8.49. The molecule has 19 heavy (non-hydrogen) atoms. The van der Waals surface area contributed by atoms with Gasteiger partial charge in [-0.05, 0) is 19.5 Å². The summed E-state index contributed by atoms with van der Waals surface area (Å²) < 4.78 is 7.90. The topological polar surface area (TPSA) is 39.1 Å². The number of nitrogens with one attached hydrogen (secondary N) is 1. The second kappa shape index (κ2) is 6.95. The van der Waals surface area contributed by atoms with Crippen LogP contribution in [0.2, 0.25) is 0 Å². The smallest absolute Gasteiger partial charge is 0.124 e.